The van der Waals surface area contributed by atoms with Gasteiger partial charge < -0.3 is 5.73 Å². The highest BCUT2D eigenvalue weighted by Crippen LogP contribution is 2.10. The summed E-state index contributed by atoms with van der Waals surface area (Å²) in [6.07, 6.45) is 0. The first-order valence-electron chi connectivity index (χ1n) is 3.10. The number of hydrogen-bond acceptors (Lipinski definition) is 1. The van der Waals surface area contributed by atoms with Crippen LogP contribution < -0.4 is 5.73 Å². The lowest BCUT2D eigenvalue weighted by molar-refractivity contribution is -0.114. The van der Waals surface area contributed by atoms with Crippen LogP contribution in [0.5, 0.6) is 0 Å². The molecular weight excluding hydrogens is 126 g/mol. The molecule has 0 atom stereocenters. The molecule has 0 aliphatic rings. The van der Waals surface area contributed by atoms with Crippen molar-refractivity contribution in [2.45, 2.75) is 20.8 Å². The monoisotopic (exact) mass is 139 g/mol. The Balaban J connectivity index is 4.54. The van der Waals surface area contributed by atoms with E-state index < -0.39 is 5.91 Å². The van der Waals surface area contributed by atoms with Gasteiger partial charge in [-0.25, -0.2) is 0 Å². The zero-order chi connectivity index (χ0) is 8.31. The number of carbonyl (C=O) groups excluding carboxylic acids is 1. The van der Waals surface area contributed by atoms with E-state index in [0.29, 0.717) is 5.57 Å². The minimum absolute atomic E-state index is 0.403. The van der Waals surface area contributed by atoms with Gasteiger partial charge in [0.25, 0.3) is 0 Å². The van der Waals surface area contributed by atoms with E-state index in [0.717, 1.165) is 11.1 Å². The van der Waals surface area contributed by atoms with Crippen LogP contribution in [0, 0.1) is 0 Å². The maximum Gasteiger partial charge on any atom is 0.248 e. The van der Waals surface area contributed by atoms with Crippen molar-refractivity contribution in [2.75, 3.05) is 0 Å². The van der Waals surface area contributed by atoms with Gasteiger partial charge in [-0.2, -0.15) is 0 Å². The molecule has 0 aromatic carbocycles. The van der Waals surface area contributed by atoms with E-state index in [2.05, 4.69) is 6.58 Å². The molecule has 0 saturated heterocycles. The highest BCUT2D eigenvalue weighted by Gasteiger charge is 2.03. The van der Waals surface area contributed by atoms with Crippen molar-refractivity contribution in [3.63, 3.8) is 0 Å². The summed E-state index contributed by atoms with van der Waals surface area (Å²) in [5.41, 5.74) is 7.36. The minimum atomic E-state index is -0.446. The van der Waals surface area contributed by atoms with Gasteiger partial charge in [0.1, 0.15) is 0 Å². The molecular formula is C8H13NO. The topological polar surface area (TPSA) is 43.1 Å². The molecule has 0 bridgehead atoms. The lowest BCUT2D eigenvalue weighted by Crippen LogP contribution is -2.14. The van der Waals surface area contributed by atoms with Crippen LogP contribution in [0.15, 0.2) is 23.3 Å². The van der Waals surface area contributed by atoms with Crippen molar-refractivity contribution in [3.05, 3.63) is 23.3 Å². The van der Waals surface area contributed by atoms with Crippen LogP contribution in [-0.4, -0.2) is 5.91 Å². The number of nitrogens with two attached hydrogens (primary N) is 1. The molecule has 0 aromatic rings. The number of amides is 1. The molecule has 0 saturated carbocycles. The molecule has 0 aliphatic carbocycles. The van der Waals surface area contributed by atoms with E-state index in [1.54, 1.807) is 0 Å². The van der Waals surface area contributed by atoms with Gasteiger partial charge in [0.2, 0.25) is 5.91 Å². The van der Waals surface area contributed by atoms with Crippen molar-refractivity contribution in [3.8, 4) is 0 Å². The average molecular weight is 139 g/mol. The Bertz CT molecular complexity index is 197. The quantitative estimate of drug-likeness (QED) is 0.456. The van der Waals surface area contributed by atoms with Gasteiger partial charge in [-0.1, -0.05) is 12.2 Å². The number of rotatable bonds is 2. The summed E-state index contributed by atoms with van der Waals surface area (Å²) in [4.78, 5) is 10.5. The second-order valence-corrected chi connectivity index (χ2v) is 2.47. The third-order valence-electron chi connectivity index (χ3n) is 1.50. The van der Waals surface area contributed by atoms with Gasteiger partial charge in [-0.15, -0.1) is 0 Å². The normalized spacial score (nSPS) is 8.70. The summed E-state index contributed by atoms with van der Waals surface area (Å²) in [6.45, 7) is 9.22. The summed E-state index contributed by atoms with van der Waals surface area (Å²) in [5.74, 6) is -0.446. The molecule has 1 amide bonds. The van der Waals surface area contributed by atoms with Crippen LogP contribution in [0.3, 0.4) is 0 Å². The molecule has 0 unspecified atom stereocenters. The average Bonchev–Trinajstić information content (AvgIpc) is 1.84. The van der Waals surface area contributed by atoms with Gasteiger partial charge in [-0.3, -0.25) is 4.79 Å². The third kappa shape index (κ3) is 2.05. The van der Waals surface area contributed by atoms with Crippen LogP contribution in [-0.2, 0) is 4.79 Å². The molecule has 0 radical (unpaired) electrons. The predicted molar refractivity (Wildman–Crippen MR) is 42.4 cm³/mol. The fourth-order valence-corrected chi connectivity index (χ4v) is 0.487. The van der Waals surface area contributed by atoms with Crippen LogP contribution >= 0.6 is 0 Å². The molecule has 2 N–H and O–H groups in total. The Morgan fingerprint density at radius 2 is 1.70 bits per heavy atom. The van der Waals surface area contributed by atoms with Gasteiger partial charge in [-0.05, 0) is 26.3 Å². The van der Waals surface area contributed by atoms with Crippen LogP contribution in [0.1, 0.15) is 20.8 Å². The Morgan fingerprint density at radius 3 is 1.80 bits per heavy atom. The largest absolute Gasteiger partial charge is 0.366 e. The molecule has 0 aliphatic heterocycles. The zero-order valence-corrected chi connectivity index (χ0v) is 6.69. The number of hydrogen-bond donors (Lipinski definition) is 1. The molecule has 0 rings (SSSR count). The number of carbonyl (C=O) groups is 1. The van der Waals surface area contributed by atoms with E-state index in [9.17, 15) is 4.79 Å². The van der Waals surface area contributed by atoms with E-state index >= 15 is 0 Å². The lowest BCUT2D eigenvalue weighted by atomic mass is 10.1. The van der Waals surface area contributed by atoms with Crippen molar-refractivity contribution < 1.29 is 4.79 Å². The maximum absolute atomic E-state index is 10.5. The fourth-order valence-electron chi connectivity index (χ4n) is 0.487. The first-order valence-corrected chi connectivity index (χ1v) is 3.10. The molecule has 2 heteroatoms. The predicted octanol–water partition coefficient (Wildman–Crippen LogP) is 1.38. The van der Waals surface area contributed by atoms with Crippen molar-refractivity contribution in [1.82, 2.24) is 0 Å². The smallest absolute Gasteiger partial charge is 0.248 e. The number of primary amides is 1. The Labute approximate surface area is 61.4 Å². The van der Waals surface area contributed by atoms with Gasteiger partial charge in [0.05, 0.1) is 0 Å². The fraction of sp³-hybridized carbons (Fsp3) is 0.375. The van der Waals surface area contributed by atoms with Crippen molar-refractivity contribution >= 4 is 5.91 Å². The number of allylic oxidation sites excluding steroid dienone is 1. The Hall–Kier alpha value is -1.05. The van der Waals surface area contributed by atoms with Gasteiger partial charge in [0.15, 0.2) is 0 Å². The van der Waals surface area contributed by atoms with Crippen LogP contribution in [0.4, 0.5) is 0 Å². The van der Waals surface area contributed by atoms with Crippen molar-refractivity contribution in [1.29, 1.82) is 0 Å². The summed E-state index contributed by atoms with van der Waals surface area (Å²) < 4.78 is 0. The Morgan fingerprint density at radius 1 is 1.30 bits per heavy atom. The molecule has 0 spiro atoms. The summed E-state index contributed by atoms with van der Waals surface area (Å²) >= 11 is 0. The molecule has 0 fully saturated rings. The summed E-state index contributed by atoms with van der Waals surface area (Å²) in [7, 11) is 0. The highest BCUT2D eigenvalue weighted by molar-refractivity contribution is 5.95. The Kier molecular flexibility index (Phi) is 2.87. The first kappa shape index (κ1) is 8.95. The zero-order valence-electron chi connectivity index (χ0n) is 6.69. The summed E-state index contributed by atoms with van der Waals surface area (Å²) in [6, 6.07) is 0. The second-order valence-electron chi connectivity index (χ2n) is 2.47. The van der Waals surface area contributed by atoms with E-state index in [1.165, 1.54) is 0 Å². The molecule has 0 heterocycles. The molecule has 0 aromatic heterocycles. The first-order chi connectivity index (χ1) is 4.46. The lowest BCUT2D eigenvalue weighted by Gasteiger charge is -2.02. The van der Waals surface area contributed by atoms with Crippen molar-refractivity contribution in [2.24, 2.45) is 5.73 Å². The second kappa shape index (κ2) is 3.20. The molecule has 56 valence electrons. The van der Waals surface area contributed by atoms with Crippen LogP contribution in [0.25, 0.3) is 0 Å². The van der Waals surface area contributed by atoms with Gasteiger partial charge in [0, 0.05) is 5.57 Å². The standard InChI is InChI=1S/C8H13NO/c1-5(2)6(3)7(4)8(9)10/h4H2,1-3H3,(H2,9,10). The van der Waals surface area contributed by atoms with E-state index in [1.807, 2.05) is 20.8 Å². The van der Waals surface area contributed by atoms with E-state index in [-0.39, 0.29) is 0 Å². The molecule has 10 heavy (non-hydrogen) atoms. The SMILES string of the molecule is C=C(C(N)=O)C(C)=C(C)C. The van der Waals surface area contributed by atoms with E-state index in [4.69, 9.17) is 5.73 Å². The van der Waals surface area contributed by atoms with Crippen LogP contribution in [0.2, 0.25) is 0 Å². The third-order valence-corrected chi connectivity index (χ3v) is 1.50. The molecule has 2 nitrogen and oxygen atoms in total. The highest BCUT2D eigenvalue weighted by atomic mass is 16.1. The van der Waals surface area contributed by atoms with Gasteiger partial charge >= 0.3 is 0 Å². The summed E-state index contributed by atoms with van der Waals surface area (Å²) in [5, 5.41) is 0. The maximum atomic E-state index is 10.5. The minimum Gasteiger partial charge on any atom is -0.366 e.